The van der Waals surface area contributed by atoms with E-state index in [1.54, 1.807) is 6.07 Å². The molecule has 27 heavy (non-hydrogen) atoms. The molecular formula is C19H17F3N2O2S. The van der Waals surface area contributed by atoms with Gasteiger partial charge in [-0.05, 0) is 60.5 Å². The van der Waals surface area contributed by atoms with Gasteiger partial charge in [-0.2, -0.15) is 0 Å². The Bertz CT molecular complexity index is 876. The van der Waals surface area contributed by atoms with Gasteiger partial charge in [0.1, 0.15) is 24.1 Å². The van der Waals surface area contributed by atoms with Crippen molar-refractivity contribution in [3.63, 3.8) is 0 Å². The summed E-state index contributed by atoms with van der Waals surface area (Å²) in [7, 11) is 0. The largest absolute Gasteiger partial charge is 0.460 e. The molecule has 2 aromatic rings. The lowest BCUT2D eigenvalue weighted by molar-refractivity contribution is 0.0506. The molecule has 0 spiro atoms. The van der Waals surface area contributed by atoms with Gasteiger partial charge in [0, 0.05) is 0 Å². The van der Waals surface area contributed by atoms with Crippen LogP contribution in [0.4, 0.5) is 13.2 Å². The highest BCUT2D eigenvalue weighted by Crippen LogP contribution is 2.32. The average Bonchev–Trinajstić information content (AvgIpc) is 3.05. The number of thiocarbonyl (C=S) groups is 1. The van der Waals surface area contributed by atoms with Gasteiger partial charge >= 0.3 is 5.97 Å². The minimum Gasteiger partial charge on any atom is -0.460 e. The molecular weight excluding hydrogens is 377 g/mol. The molecule has 2 N–H and O–H groups in total. The van der Waals surface area contributed by atoms with Crippen LogP contribution in [0.15, 0.2) is 36.4 Å². The predicted octanol–water partition coefficient (Wildman–Crippen LogP) is 3.41. The first kappa shape index (κ1) is 19.2. The van der Waals surface area contributed by atoms with Crippen LogP contribution in [0.3, 0.4) is 0 Å². The zero-order chi connectivity index (χ0) is 19.4. The van der Waals surface area contributed by atoms with Gasteiger partial charge in [0.25, 0.3) is 0 Å². The Morgan fingerprint density at radius 1 is 1.19 bits per heavy atom. The fourth-order valence-corrected chi connectivity index (χ4v) is 3.25. The first-order valence-corrected chi connectivity index (χ1v) is 8.80. The first-order chi connectivity index (χ1) is 13.0. The van der Waals surface area contributed by atoms with Gasteiger partial charge in [-0.15, -0.1) is 0 Å². The molecule has 4 nitrogen and oxygen atoms in total. The summed E-state index contributed by atoms with van der Waals surface area (Å²) < 4.78 is 45.2. The second kappa shape index (κ2) is 8.39. The highest BCUT2D eigenvalue weighted by Gasteiger charge is 2.25. The molecule has 1 aliphatic carbocycles. The molecule has 8 heteroatoms. The van der Waals surface area contributed by atoms with Crippen LogP contribution in [-0.2, 0) is 11.2 Å². The van der Waals surface area contributed by atoms with E-state index in [-0.39, 0.29) is 25.0 Å². The first-order valence-electron chi connectivity index (χ1n) is 8.39. The van der Waals surface area contributed by atoms with Crippen molar-refractivity contribution in [1.82, 2.24) is 10.6 Å². The van der Waals surface area contributed by atoms with Crippen LogP contribution >= 0.6 is 12.2 Å². The van der Waals surface area contributed by atoms with E-state index in [0.29, 0.717) is 17.1 Å². The van der Waals surface area contributed by atoms with Gasteiger partial charge in [0.15, 0.2) is 5.11 Å². The molecule has 0 radical (unpaired) electrons. The zero-order valence-electron chi connectivity index (χ0n) is 14.2. The highest BCUT2D eigenvalue weighted by molar-refractivity contribution is 7.80. The quantitative estimate of drug-likeness (QED) is 0.462. The Labute approximate surface area is 159 Å². The third kappa shape index (κ3) is 4.57. The number of esters is 1. The Morgan fingerprint density at radius 2 is 2.00 bits per heavy atom. The number of nitrogens with one attached hydrogen (secondary N) is 2. The summed E-state index contributed by atoms with van der Waals surface area (Å²) in [6, 6.07) is 7.45. The molecule has 0 aromatic heterocycles. The summed E-state index contributed by atoms with van der Waals surface area (Å²) in [4.78, 5) is 11.8. The molecule has 1 aliphatic rings. The van der Waals surface area contributed by atoms with E-state index in [0.717, 1.165) is 30.2 Å². The lowest BCUT2D eigenvalue weighted by Crippen LogP contribution is -2.38. The summed E-state index contributed by atoms with van der Waals surface area (Å²) in [6.45, 7) is 0.115. The van der Waals surface area contributed by atoms with E-state index in [1.807, 2.05) is 6.07 Å². The van der Waals surface area contributed by atoms with E-state index < -0.39 is 23.2 Å². The molecule has 0 amide bonds. The number of fused-ring (bicyclic) bond motifs is 1. The van der Waals surface area contributed by atoms with Crippen LogP contribution < -0.4 is 10.6 Å². The molecule has 0 bridgehead atoms. The number of carbonyl (C=O) groups is 1. The molecule has 1 atom stereocenters. The summed E-state index contributed by atoms with van der Waals surface area (Å²) in [5.74, 6) is -2.74. The number of hydrogen-bond acceptors (Lipinski definition) is 3. The molecule has 0 aliphatic heterocycles. The maximum atomic E-state index is 13.7. The molecule has 0 saturated carbocycles. The van der Waals surface area contributed by atoms with E-state index in [9.17, 15) is 18.0 Å². The predicted molar refractivity (Wildman–Crippen MR) is 97.8 cm³/mol. The van der Waals surface area contributed by atoms with Gasteiger partial charge in [0.05, 0.1) is 18.2 Å². The second-order valence-electron chi connectivity index (χ2n) is 6.06. The van der Waals surface area contributed by atoms with E-state index in [2.05, 4.69) is 10.6 Å². The van der Waals surface area contributed by atoms with Crippen LogP contribution in [0.2, 0.25) is 0 Å². The molecule has 142 valence electrons. The number of benzene rings is 2. The number of ether oxygens (including phenoxy) is 1. The third-order valence-electron chi connectivity index (χ3n) is 4.29. The van der Waals surface area contributed by atoms with Crippen LogP contribution in [0.1, 0.15) is 33.9 Å². The third-order valence-corrected chi connectivity index (χ3v) is 4.55. The lowest BCUT2D eigenvalue weighted by atomic mass is 10.1. The smallest absolute Gasteiger partial charge is 0.341 e. The van der Waals surface area contributed by atoms with Crippen molar-refractivity contribution in [2.45, 2.75) is 18.9 Å². The highest BCUT2D eigenvalue weighted by atomic mass is 32.1. The Balaban J connectivity index is 1.44. The summed E-state index contributed by atoms with van der Waals surface area (Å²) in [6.07, 6.45) is 1.37. The van der Waals surface area contributed by atoms with Gasteiger partial charge < -0.3 is 15.4 Å². The van der Waals surface area contributed by atoms with Crippen molar-refractivity contribution in [3.8, 4) is 0 Å². The van der Waals surface area contributed by atoms with E-state index in [4.69, 9.17) is 17.0 Å². The topological polar surface area (TPSA) is 50.4 Å². The Morgan fingerprint density at radius 3 is 2.81 bits per heavy atom. The summed E-state index contributed by atoms with van der Waals surface area (Å²) in [5.41, 5.74) is 1.12. The molecule has 0 saturated heterocycles. The van der Waals surface area contributed by atoms with Gasteiger partial charge in [-0.25, -0.2) is 18.0 Å². The maximum absolute atomic E-state index is 13.7. The zero-order valence-corrected chi connectivity index (χ0v) is 15.0. The minimum atomic E-state index is -0.951. The summed E-state index contributed by atoms with van der Waals surface area (Å²) >= 11 is 5.20. The molecule has 3 rings (SSSR count). The second-order valence-corrected chi connectivity index (χ2v) is 6.47. The molecule has 1 unspecified atom stereocenters. The van der Waals surface area contributed by atoms with Crippen LogP contribution in [-0.4, -0.2) is 24.2 Å². The Hall–Kier alpha value is -2.61. The summed E-state index contributed by atoms with van der Waals surface area (Å²) in [5, 5.41) is 6.31. The van der Waals surface area contributed by atoms with E-state index >= 15 is 0 Å². The fraction of sp³-hybridized carbons (Fsp3) is 0.263. The molecule has 2 aromatic carbocycles. The minimum absolute atomic E-state index is 0.0769. The lowest BCUT2D eigenvalue weighted by Gasteiger charge is -2.17. The van der Waals surface area contributed by atoms with Crippen molar-refractivity contribution in [2.24, 2.45) is 0 Å². The Kier molecular flexibility index (Phi) is 5.95. The van der Waals surface area contributed by atoms with Crippen molar-refractivity contribution in [1.29, 1.82) is 0 Å². The van der Waals surface area contributed by atoms with Crippen LogP contribution in [0.5, 0.6) is 0 Å². The molecule has 0 heterocycles. The number of carbonyl (C=O) groups excluding carboxylic acids is 1. The fourth-order valence-electron chi connectivity index (χ4n) is 3.01. The van der Waals surface area contributed by atoms with E-state index in [1.165, 1.54) is 6.07 Å². The van der Waals surface area contributed by atoms with Crippen molar-refractivity contribution < 1.29 is 22.7 Å². The van der Waals surface area contributed by atoms with Crippen LogP contribution in [0.25, 0.3) is 0 Å². The van der Waals surface area contributed by atoms with Gasteiger partial charge in [0.2, 0.25) is 0 Å². The van der Waals surface area contributed by atoms with Gasteiger partial charge in [-0.3, -0.25) is 0 Å². The van der Waals surface area contributed by atoms with Crippen molar-refractivity contribution in [2.75, 3.05) is 13.2 Å². The van der Waals surface area contributed by atoms with Gasteiger partial charge in [-0.1, -0.05) is 12.1 Å². The molecule has 0 fully saturated rings. The van der Waals surface area contributed by atoms with Crippen molar-refractivity contribution in [3.05, 3.63) is 70.5 Å². The number of halogens is 3. The monoisotopic (exact) mass is 394 g/mol. The normalized spacial score (nSPS) is 15.1. The SMILES string of the molecule is O=C(OCCNC(=S)NC1CCc2c(F)cccc21)c1cc(F)ccc1F. The standard InChI is InChI=1S/C19H17F3N2O2S/c20-11-4-6-16(22)14(10-11)18(25)26-9-8-23-19(27)24-17-7-5-12-13(17)2-1-3-15(12)21/h1-4,6,10,17H,5,7-9H2,(H2,23,24,27). The van der Waals surface area contributed by atoms with Crippen LogP contribution in [0, 0.1) is 17.5 Å². The number of hydrogen-bond donors (Lipinski definition) is 2. The average molecular weight is 394 g/mol. The number of rotatable bonds is 5. The maximum Gasteiger partial charge on any atom is 0.341 e. The van der Waals surface area contributed by atoms with Crippen molar-refractivity contribution >= 4 is 23.3 Å².